The van der Waals surface area contributed by atoms with Gasteiger partial charge in [0.05, 0.1) is 10.7 Å². The third-order valence-corrected chi connectivity index (χ3v) is 4.67. The fourth-order valence-electron chi connectivity index (χ4n) is 2.15. The molecule has 3 rings (SSSR count). The van der Waals surface area contributed by atoms with Crippen molar-refractivity contribution >= 4 is 56.1 Å². The number of nitrogens with one attached hydrogen (secondary N) is 1. The standard InChI is InChI=1S/C16H12BrN3O4S/c1-9-6-10(17)2-4-12(9)18-15(21)8-25-16-19-13-7-11(20(22)23)3-5-14(13)24-16/h2-7H,8H2,1H3,(H,18,21). The fraction of sp³-hybridized carbons (Fsp3) is 0.125. The van der Waals surface area contributed by atoms with Crippen molar-refractivity contribution in [2.45, 2.75) is 12.1 Å². The predicted molar refractivity (Wildman–Crippen MR) is 98.9 cm³/mol. The van der Waals surface area contributed by atoms with Crippen molar-refractivity contribution < 1.29 is 14.1 Å². The topological polar surface area (TPSA) is 98.3 Å². The number of nitrogens with zero attached hydrogens (tertiary/aromatic N) is 2. The minimum absolute atomic E-state index is 0.0548. The smallest absolute Gasteiger partial charge is 0.271 e. The van der Waals surface area contributed by atoms with Crippen LogP contribution in [-0.4, -0.2) is 21.6 Å². The van der Waals surface area contributed by atoms with Gasteiger partial charge < -0.3 is 9.73 Å². The molecule has 25 heavy (non-hydrogen) atoms. The summed E-state index contributed by atoms with van der Waals surface area (Å²) >= 11 is 4.50. The van der Waals surface area contributed by atoms with E-state index in [4.69, 9.17) is 4.42 Å². The number of thioether (sulfide) groups is 1. The van der Waals surface area contributed by atoms with Gasteiger partial charge in [-0.1, -0.05) is 27.7 Å². The van der Waals surface area contributed by atoms with Crippen molar-refractivity contribution in [2.24, 2.45) is 0 Å². The van der Waals surface area contributed by atoms with Gasteiger partial charge in [0.1, 0.15) is 5.52 Å². The van der Waals surface area contributed by atoms with E-state index in [0.717, 1.165) is 27.5 Å². The molecule has 3 aromatic rings. The van der Waals surface area contributed by atoms with Crippen LogP contribution in [0.2, 0.25) is 0 Å². The minimum Gasteiger partial charge on any atom is -0.431 e. The van der Waals surface area contributed by atoms with E-state index in [9.17, 15) is 14.9 Å². The van der Waals surface area contributed by atoms with Crippen molar-refractivity contribution in [2.75, 3.05) is 11.1 Å². The number of halogens is 1. The van der Waals surface area contributed by atoms with Gasteiger partial charge in [-0.25, -0.2) is 4.98 Å². The lowest BCUT2D eigenvalue weighted by molar-refractivity contribution is -0.384. The first-order chi connectivity index (χ1) is 11.9. The molecule has 2 aromatic carbocycles. The monoisotopic (exact) mass is 421 g/mol. The number of oxazole rings is 1. The number of hydrogen-bond acceptors (Lipinski definition) is 6. The molecule has 1 amide bonds. The largest absolute Gasteiger partial charge is 0.431 e. The number of carbonyl (C=O) groups is 1. The molecule has 0 spiro atoms. The van der Waals surface area contributed by atoms with Gasteiger partial charge in [0.15, 0.2) is 5.58 Å². The Bertz CT molecular complexity index is 973. The van der Waals surface area contributed by atoms with Crippen LogP contribution in [0.3, 0.4) is 0 Å². The summed E-state index contributed by atoms with van der Waals surface area (Å²) in [5, 5.41) is 13.9. The van der Waals surface area contributed by atoms with Crippen LogP contribution in [0.4, 0.5) is 11.4 Å². The number of hydrogen-bond donors (Lipinski definition) is 1. The quantitative estimate of drug-likeness (QED) is 0.368. The van der Waals surface area contributed by atoms with Crippen LogP contribution in [0.25, 0.3) is 11.1 Å². The van der Waals surface area contributed by atoms with Crippen LogP contribution in [0.15, 0.2) is 50.5 Å². The van der Waals surface area contributed by atoms with Crippen molar-refractivity contribution in [3.63, 3.8) is 0 Å². The molecule has 0 aliphatic rings. The summed E-state index contributed by atoms with van der Waals surface area (Å²) in [6.45, 7) is 1.90. The zero-order valence-corrected chi connectivity index (χ0v) is 15.4. The van der Waals surface area contributed by atoms with Crippen LogP contribution in [-0.2, 0) is 4.79 Å². The van der Waals surface area contributed by atoms with Crippen LogP contribution < -0.4 is 5.32 Å². The second kappa shape index (κ2) is 7.24. The van der Waals surface area contributed by atoms with E-state index in [1.54, 1.807) is 0 Å². The second-order valence-electron chi connectivity index (χ2n) is 5.19. The number of carbonyl (C=O) groups excluding carboxylic acids is 1. The molecule has 7 nitrogen and oxygen atoms in total. The van der Waals surface area contributed by atoms with E-state index in [-0.39, 0.29) is 22.6 Å². The number of nitro groups is 1. The Hall–Kier alpha value is -2.39. The first kappa shape index (κ1) is 17.4. The van der Waals surface area contributed by atoms with Crippen LogP contribution >= 0.6 is 27.7 Å². The molecular weight excluding hydrogens is 410 g/mol. The molecule has 0 fully saturated rings. The highest BCUT2D eigenvalue weighted by Crippen LogP contribution is 2.27. The summed E-state index contributed by atoms with van der Waals surface area (Å²) in [6, 6.07) is 9.77. The SMILES string of the molecule is Cc1cc(Br)ccc1NC(=O)CSc1nc2cc([N+](=O)[O-])ccc2o1. The Morgan fingerprint density at radius 1 is 1.36 bits per heavy atom. The van der Waals surface area contributed by atoms with Gasteiger partial charge in [0.25, 0.3) is 10.9 Å². The lowest BCUT2D eigenvalue weighted by Crippen LogP contribution is -2.14. The molecule has 0 aliphatic carbocycles. The first-order valence-electron chi connectivity index (χ1n) is 7.16. The average molecular weight is 422 g/mol. The van der Waals surface area contributed by atoms with Crippen molar-refractivity contribution in [1.29, 1.82) is 0 Å². The number of aryl methyl sites for hydroxylation is 1. The van der Waals surface area contributed by atoms with Crippen LogP contribution in [0.1, 0.15) is 5.56 Å². The normalized spacial score (nSPS) is 10.8. The zero-order valence-electron chi connectivity index (χ0n) is 13.0. The van der Waals surface area contributed by atoms with Gasteiger partial charge in [-0.2, -0.15) is 0 Å². The van der Waals surface area contributed by atoms with E-state index in [1.807, 2.05) is 25.1 Å². The van der Waals surface area contributed by atoms with E-state index in [0.29, 0.717) is 11.1 Å². The van der Waals surface area contributed by atoms with Crippen LogP contribution in [0, 0.1) is 17.0 Å². The molecule has 128 valence electrons. The molecule has 1 heterocycles. The molecule has 0 bridgehead atoms. The van der Waals surface area contributed by atoms with Gasteiger partial charge in [0.2, 0.25) is 5.91 Å². The minimum atomic E-state index is -0.491. The lowest BCUT2D eigenvalue weighted by atomic mass is 10.2. The Labute approximate surface area is 155 Å². The number of aromatic nitrogens is 1. The Balaban J connectivity index is 1.65. The highest BCUT2D eigenvalue weighted by molar-refractivity contribution is 9.10. The Morgan fingerprint density at radius 3 is 2.88 bits per heavy atom. The van der Waals surface area contributed by atoms with E-state index >= 15 is 0 Å². The molecule has 1 aromatic heterocycles. The van der Waals surface area contributed by atoms with Gasteiger partial charge in [-0.3, -0.25) is 14.9 Å². The third-order valence-electron chi connectivity index (χ3n) is 3.35. The molecule has 0 saturated carbocycles. The number of fused-ring (bicyclic) bond motifs is 1. The molecular formula is C16H12BrN3O4S. The lowest BCUT2D eigenvalue weighted by Gasteiger charge is -2.07. The number of benzene rings is 2. The number of nitro benzene ring substituents is 1. The highest BCUT2D eigenvalue weighted by atomic mass is 79.9. The molecule has 0 saturated heterocycles. The van der Waals surface area contributed by atoms with Crippen molar-refractivity contribution in [1.82, 2.24) is 4.98 Å². The van der Waals surface area contributed by atoms with Gasteiger partial charge in [0, 0.05) is 22.3 Å². The third kappa shape index (κ3) is 4.18. The molecule has 9 heteroatoms. The molecule has 1 N–H and O–H groups in total. The number of amides is 1. The number of non-ortho nitro benzene ring substituents is 1. The summed E-state index contributed by atoms with van der Waals surface area (Å²) in [4.78, 5) is 26.5. The maximum absolute atomic E-state index is 12.1. The van der Waals surface area contributed by atoms with Gasteiger partial charge in [-0.05, 0) is 36.8 Å². The van der Waals surface area contributed by atoms with Crippen LogP contribution in [0.5, 0.6) is 0 Å². The maximum Gasteiger partial charge on any atom is 0.271 e. The maximum atomic E-state index is 12.1. The molecule has 0 aliphatic heterocycles. The van der Waals surface area contributed by atoms with E-state index in [2.05, 4.69) is 26.2 Å². The predicted octanol–water partition coefficient (Wildman–Crippen LogP) is 4.54. The molecule has 0 radical (unpaired) electrons. The average Bonchev–Trinajstić information content (AvgIpc) is 2.97. The number of rotatable bonds is 5. The molecule has 0 atom stereocenters. The zero-order chi connectivity index (χ0) is 18.0. The summed E-state index contributed by atoms with van der Waals surface area (Å²) in [6.07, 6.45) is 0. The first-order valence-corrected chi connectivity index (χ1v) is 8.94. The van der Waals surface area contributed by atoms with E-state index in [1.165, 1.54) is 18.2 Å². The van der Waals surface area contributed by atoms with Crippen molar-refractivity contribution in [3.05, 3.63) is 56.5 Å². The summed E-state index contributed by atoms with van der Waals surface area (Å²) in [5.41, 5.74) is 2.46. The summed E-state index contributed by atoms with van der Waals surface area (Å²) < 4.78 is 6.43. The fourth-order valence-corrected chi connectivity index (χ4v) is 3.26. The Morgan fingerprint density at radius 2 is 2.16 bits per heavy atom. The molecule has 0 unspecified atom stereocenters. The van der Waals surface area contributed by atoms with Gasteiger partial charge >= 0.3 is 0 Å². The second-order valence-corrected chi connectivity index (χ2v) is 7.03. The summed E-state index contributed by atoms with van der Waals surface area (Å²) in [5.74, 6) is -0.0756. The van der Waals surface area contributed by atoms with Gasteiger partial charge in [-0.15, -0.1) is 0 Å². The van der Waals surface area contributed by atoms with Crippen molar-refractivity contribution in [3.8, 4) is 0 Å². The summed E-state index contributed by atoms with van der Waals surface area (Å²) in [7, 11) is 0. The Kier molecular flexibility index (Phi) is 5.05. The van der Waals surface area contributed by atoms with E-state index < -0.39 is 4.92 Å². The number of anilines is 1. The highest BCUT2D eigenvalue weighted by Gasteiger charge is 2.13.